The summed E-state index contributed by atoms with van der Waals surface area (Å²) >= 11 is 0. The molecule has 1 N–H and O–H groups in total. The average Bonchev–Trinajstić information content (AvgIpc) is 3.39. The van der Waals surface area contributed by atoms with E-state index in [0.29, 0.717) is 34.3 Å². The Balaban J connectivity index is 1.51. The highest BCUT2D eigenvalue weighted by atomic mass is 16.5. The number of amides is 1. The first-order chi connectivity index (χ1) is 14.9. The molecule has 4 rings (SSSR count). The van der Waals surface area contributed by atoms with Crippen LogP contribution in [0.1, 0.15) is 61.7 Å². The average molecular weight is 419 g/mol. The number of pyridine rings is 1. The summed E-state index contributed by atoms with van der Waals surface area (Å²) in [6, 6.07) is 11.4. The number of benzene rings is 1. The highest BCUT2D eigenvalue weighted by Gasteiger charge is 2.17. The van der Waals surface area contributed by atoms with Crippen LogP contribution in [0.4, 0.5) is 0 Å². The van der Waals surface area contributed by atoms with Crippen LogP contribution in [0.3, 0.4) is 0 Å². The number of carbonyl (C=O) groups excluding carboxylic acids is 1. The van der Waals surface area contributed by atoms with E-state index in [1.807, 2.05) is 47.0 Å². The van der Waals surface area contributed by atoms with Gasteiger partial charge in [-0.2, -0.15) is 4.98 Å². The molecule has 0 unspecified atom stereocenters. The predicted molar refractivity (Wildman–Crippen MR) is 117 cm³/mol. The molecule has 0 aliphatic carbocycles. The minimum atomic E-state index is -0.158. The molecule has 0 fully saturated rings. The van der Waals surface area contributed by atoms with Crippen LogP contribution in [-0.2, 0) is 18.4 Å². The van der Waals surface area contributed by atoms with E-state index in [1.165, 1.54) is 5.56 Å². The van der Waals surface area contributed by atoms with Crippen molar-refractivity contribution in [2.45, 2.75) is 52.5 Å². The van der Waals surface area contributed by atoms with Crippen LogP contribution in [0.25, 0.3) is 17.1 Å². The lowest BCUT2D eigenvalue weighted by atomic mass is 9.87. The number of carbonyl (C=O) groups is 1. The molecule has 0 bridgehead atoms. The van der Waals surface area contributed by atoms with Gasteiger partial charge in [0.1, 0.15) is 0 Å². The number of hydrogen-bond donors (Lipinski definition) is 1. The highest BCUT2D eigenvalue weighted by molar-refractivity contribution is 5.94. The molecule has 0 saturated heterocycles. The molecule has 31 heavy (non-hydrogen) atoms. The quantitative estimate of drug-likeness (QED) is 0.509. The van der Waals surface area contributed by atoms with Gasteiger partial charge in [0, 0.05) is 18.2 Å². The Labute approximate surface area is 180 Å². The van der Waals surface area contributed by atoms with Crippen molar-refractivity contribution < 1.29 is 9.32 Å². The third-order valence-electron chi connectivity index (χ3n) is 5.10. The van der Waals surface area contributed by atoms with Crippen LogP contribution in [0.15, 0.2) is 47.1 Å². The van der Waals surface area contributed by atoms with Gasteiger partial charge in [0.2, 0.25) is 0 Å². The van der Waals surface area contributed by atoms with Crippen molar-refractivity contribution in [3.63, 3.8) is 0 Å². The predicted octanol–water partition coefficient (Wildman–Crippen LogP) is 3.96. The first-order valence-corrected chi connectivity index (χ1v) is 10.4. The molecule has 0 spiro atoms. The third kappa shape index (κ3) is 4.33. The first-order valence-electron chi connectivity index (χ1n) is 10.4. The number of nitrogens with zero attached hydrogens (tertiary/aromatic N) is 5. The van der Waals surface area contributed by atoms with Crippen LogP contribution in [0.2, 0.25) is 0 Å². The maximum Gasteiger partial charge on any atom is 0.261 e. The van der Waals surface area contributed by atoms with Crippen LogP contribution < -0.4 is 5.32 Å². The largest absolute Gasteiger partial charge is 0.345 e. The molecule has 8 heteroatoms. The number of rotatable bonds is 6. The number of aryl methyl sites for hydroxylation is 1. The Morgan fingerprint density at radius 1 is 1.13 bits per heavy atom. The SMILES string of the molecule is CCCc1noc(-c2cccn3c(CNC(=O)c4ccc(C(C)(C)C)cc4)nnc23)n1. The van der Waals surface area contributed by atoms with E-state index in [0.717, 1.165) is 12.8 Å². The van der Waals surface area contributed by atoms with Gasteiger partial charge in [-0.05, 0) is 41.7 Å². The number of fused-ring (bicyclic) bond motifs is 1. The molecular weight excluding hydrogens is 392 g/mol. The molecule has 160 valence electrons. The van der Waals surface area contributed by atoms with Gasteiger partial charge in [0.25, 0.3) is 11.8 Å². The van der Waals surface area contributed by atoms with Gasteiger partial charge in [0.15, 0.2) is 17.3 Å². The minimum absolute atomic E-state index is 0.0445. The Morgan fingerprint density at radius 3 is 2.61 bits per heavy atom. The summed E-state index contributed by atoms with van der Waals surface area (Å²) in [7, 11) is 0. The van der Waals surface area contributed by atoms with Crippen molar-refractivity contribution in [2.24, 2.45) is 0 Å². The molecule has 1 aromatic carbocycles. The lowest BCUT2D eigenvalue weighted by molar-refractivity contribution is 0.0949. The van der Waals surface area contributed by atoms with Crippen molar-refractivity contribution in [3.05, 3.63) is 65.4 Å². The van der Waals surface area contributed by atoms with E-state index in [1.54, 1.807) is 0 Å². The normalized spacial score (nSPS) is 11.7. The van der Waals surface area contributed by atoms with Gasteiger partial charge < -0.3 is 9.84 Å². The Kier molecular flexibility index (Phi) is 5.54. The van der Waals surface area contributed by atoms with Crippen molar-refractivity contribution in [1.29, 1.82) is 0 Å². The fourth-order valence-corrected chi connectivity index (χ4v) is 3.32. The maximum atomic E-state index is 12.6. The van der Waals surface area contributed by atoms with Crippen molar-refractivity contribution in [3.8, 4) is 11.5 Å². The zero-order valence-electron chi connectivity index (χ0n) is 18.2. The van der Waals surface area contributed by atoms with Crippen LogP contribution in [0, 0.1) is 0 Å². The molecule has 0 saturated carbocycles. The zero-order valence-corrected chi connectivity index (χ0v) is 18.2. The lowest BCUT2D eigenvalue weighted by Gasteiger charge is -2.19. The molecular formula is C23H26N6O2. The van der Waals surface area contributed by atoms with E-state index in [9.17, 15) is 4.79 Å². The Bertz CT molecular complexity index is 1200. The second-order valence-electron chi connectivity index (χ2n) is 8.51. The topological polar surface area (TPSA) is 98.2 Å². The number of hydrogen-bond acceptors (Lipinski definition) is 6. The summed E-state index contributed by atoms with van der Waals surface area (Å²) in [6.45, 7) is 8.74. The van der Waals surface area contributed by atoms with Crippen LogP contribution >= 0.6 is 0 Å². The van der Waals surface area contributed by atoms with E-state index in [4.69, 9.17) is 4.52 Å². The highest BCUT2D eigenvalue weighted by Crippen LogP contribution is 2.23. The number of aromatic nitrogens is 5. The fourth-order valence-electron chi connectivity index (χ4n) is 3.32. The smallest absolute Gasteiger partial charge is 0.261 e. The first kappa shape index (κ1) is 20.7. The molecule has 3 heterocycles. The van der Waals surface area contributed by atoms with Gasteiger partial charge in [-0.25, -0.2) is 0 Å². The van der Waals surface area contributed by atoms with E-state index >= 15 is 0 Å². The molecule has 1 amide bonds. The van der Waals surface area contributed by atoms with Crippen molar-refractivity contribution >= 4 is 11.6 Å². The van der Waals surface area contributed by atoms with Crippen LogP contribution in [-0.4, -0.2) is 30.6 Å². The van der Waals surface area contributed by atoms with Gasteiger partial charge in [-0.1, -0.05) is 45.0 Å². The van der Waals surface area contributed by atoms with Crippen molar-refractivity contribution in [1.82, 2.24) is 30.1 Å². The lowest BCUT2D eigenvalue weighted by Crippen LogP contribution is -2.24. The molecule has 0 aliphatic heterocycles. The Morgan fingerprint density at radius 2 is 1.90 bits per heavy atom. The Hall–Kier alpha value is -3.55. The number of nitrogens with one attached hydrogen (secondary N) is 1. The maximum absolute atomic E-state index is 12.6. The molecule has 0 radical (unpaired) electrons. The summed E-state index contributed by atoms with van der Waals surface area (Å²) in [4.78, 5) is 17.0. The van der Waals surface area contributed by atoms with E-state index < -0.39 is 0 Å². The molecule has 3 aromatic heterocycles. The standard InChI is InChI=1S/C23H26N6O2/c1-5-7-18-25-22(31-28-18)17-8-6-13-29-19(26-27-20(17)29)14-24-21(30)15-9-11-16(12-10-15)23(2,3)4/h6,8-13H,5,7,14H2,1-4H3,(H,24,30). The van der Waals surface area contributed by atoms with Crippen molar-refractivity contribution in [2.75, 3.05) is 0 Å². The molecule has 8 nitrogen and oxygen atoms in total. The molecule has 0 aliphatic rings. The third-order valence-corrected chi connectivity index (χ3v) is 5.10. The minimum Gasteiger partial charge on any atom is -0.345 e. The summed E-state index contributed by atoms with van der Waals surface area (Å²) in [5.74, 6) is 1.54. The van der Waals surface area contributed by atoms with Gasteiger partial charge in [0.05, 0.1) is 12.1 Å². The van der Waals surface area contributed by atoms with Gasteiger partial charge in [-0.15, -0.1) is 10.2 Å². The summed E-state index contributed by atoms with van der Waals surface area (Å²) < 4.78 is 7.22. The second kappa shape index (κ2) is 8.29. The summed E-state index contributed by atoms with van der Waals surface area (Å²) in [5.41, 5.74) is 3.15. The van der Waals surface area contributed by atoms with E-state index in [2.05, 4.69) is 53.3 Å². The zero-order chi connectivity index (χ0) is 22.0. The summed E-state index contributed by atoms with van der Waals surface area (Å²) in [6.07, 6.45) is 3.55. The fraction of sp³-hybridized carbons (Fsp3) is 0.348. The monoisotopic (exact) mass is 418 g/mol. The van der Waals surface area contributed by atoms with Gasteiger partial charge >= 0.3 is 0 Å². The van der Waals surface area contributed by atoms with Gasteiger partial charge in [-0.3, -0.25) is 9.20 Å². The second-order valence-corrected chi connectivity index (χ2v) is 8.51. The van der Waals surface area contributed by atoms with Crippen LogP contribution in [0.5, 0.6) is 0 Å². The summed E-state index contributed by atoms with van der Waals surface area (Å²) in [5, 5.41) is 15.4. The van der Waals surface area contributed by atoms with E-state index in [-0.39, 0.29) is 17.9 Å². The molecule has 4 aromatic rings. The molecule has 0 atom stereocenters.